The number of carbonyl (C=O) groups excluding carboxylic acids is 2. The van der Waals surface area contributed by atoms with Crippen LogP contribution in [0.2, 0.25) is 0 Å². The smallest absolute Gasteiger partial charge is 0.243 e. The van der Waals surface area contributed by atoms with Crippen LogP contribution in [0, 0.1) is 5.41 Å². The zero-order valence-electron chi connectivity index (χ0n) is 16.1. The summed E-state index contributed by atoms with van der Waals surface area (Å²) in [5.41, 5.74) is 8.38. The standard InChI is InChI=1S/C21H29N3O2S/c1-21(2)12-17-24(20(26)15(22)10-11-27-17)18(21)19(25)23-16-9-5-7-13-6-3-4-8-14(13)16/h3-4,6,8,15-18H,5,7,9-12,22H2,1-2H3,(H,23,25)/t15-,16+,17-,18?/m0/s1. The molecule has 0 bridgehead atoms. The van der Waals surface area contributed by atoms with Gasteiger partial charge < -0.3 is 16.0 Å². The van der Waals surface area contributed by atoms with Gasteiger partial charge in [-0.3, -0.25) is 9.59 Å². The number of nitrogens with zero attached hydrogens (tertiary/aromatic N) is 1. The second kappa shape index (κ2) is 7.13. The van der Waals surface area contributed by atoms with E-state index in [-0.39, 0.29) is 28.6 Å². The number of nitrogens with two attached hydrogens (primary N) is 1. The summed E-state index contributed by atoms with van der Waals surface area (Å²) in [6, 6.07) is 7.43. The summed E-state index contributed by atoms with van der Waals surface area (Å²) in [6.45, 7) is 4.19. The molecule has 4 atom stereocenters. The Labute approximate surface area is 165 Å². The van der Waals surface area contributed by atoms with E-state index >= 15 is 0 Å². The van der Waals surface area contributed by atoms with E-state index in [4.69, 9.17) is 5.73 Å². The summed E-state index contributed by atoms with van der Waals surface area (Å²) in [4.78, 5) is 28.1. The van der Waals surface area contributed by atoms with Crippen LogP contribution >= 0.6 is 11.8 Å². The number of amides is 2. The van der Waals surface area contributed by atoms with E-state index in [2.05, 4.69) is 37.4 Å². The molecule has 1 aromatic carbocycles. The van der Waals surface area contributed by atoms with Gasteiger partial charge in [0.25, 0.3) is 0 Å². The highest BCUT2D eigenvalue weighted by Crippen LogP contribution is 2.46. The Balaban J connectivity index is 1.59. The number of nitrogens with one attached hydrogen (secondary N) is 1. The Bertz CT molecular complexity index is 751. The number of fused-ring (bicyclic) bond motifs is 2. The van der Waals surface area contributed by atoms with Gasteiger partial charge in [0.2, 0.25) is 11.8 Å². The molecule has 1 aliphatic carbocycles. The van der Waals surface area contributed by atoms with E-state index in [0.29, 0.717) is 6.42 Å². The maximum atomic E-state index is 13.4. The molecule has 0 spiro atoms. The van der Waals surface area contributed by atoms with Crippen LogP contribution < -0.4 is 11.1 Å². The van der Waals surface area contributed by atoms with Crippen LogP contribution in [-0.4, -0.2) is 39.9 Å². The van der Waals surface area contributed by atoms with E-state index < -0.39 is 12.1 Å². The predicted molar refractivity (Wildman–Crippen MR) is 108 cm³/mol. The Morgan fingerprint density at radius 2 is 2.07 bits per heavy atom. The van der Waals surface area contributed by atoms with E-state index in [1.54, 1.807) is 16.7 Å². The average Bonchev–Trinajstić information content (AvgIpc) is 2.84. The normalized spacial score (nSPS) is 32.4. The summed E-state index contributed by atoms with van der Waals surface area (Å²) in [5.74, 6) is 0.765. The van der Waals surface area contributed by atoms with Gasteiger partial charge in [0.1, 0.15) is 6.04 Å². The van der Waals surface area contributed by atoms with Gasteiger partial charge in [0.05, 0.1) is 17.5 Å². The number of aryl methyl sites for hydroxylation is 1. The molecular weight excluding hydrogens is 358 g/mol. The molecule has 6 heteroatoms. The molecule has 2 aliphatic heterocycles. The fourth-order valence-electron chi connectivity index (χ4n) is 4.89. The molecule has 0 radical (unpaired) electrons. The summed E-state index contributed by atoms with van der Waals surface area (Å²) in [5, 5.41) is 3.33. The van der Waals surface area contributed by atoms with Crippen LogP contribution in [0.1, 0.15) is 56.7 Å². The first-order valence-corrected chi connectivity index (χ1v) is 11.0. The molecule has 2 amide bonds. The first-order chi connectivity index (χ1) is 12.9. The highest BCUT2D eigenvalue weighted by molar-refractivity contribution is 7.99. The van der Waals surface area contributed by atoms with Crippen LogP contribution in [0.15, 0.2) is 24.3 Å². The maximum absolute atomic E-state index is 13.4. The highest BCUT2D eigenvalue weighted by Gasteiger charge is 2.54. The van der Waals surface area contributed by atoms with Gasteiger partial charge in [-0.25, -0.2) is 0 Å². The maximum Gasteiger partial charge on any atom is 0.243 e. The van der Waals surface area contributed by atoms with Gasteiger partial charge in [-0.1, -0.05) is 38.1 Å². The highest BCUT2D eigenvalue weighted by atomic mass is 32.2. The molecule has 146 valence electrons. The molecule has 0 aromatic heterocycles. The van der Waals surface area contributed by atoms with Crippen molar-refractivity contribution in [2.75, 3.05) is 5.75 Å². The lowest BCUT2D eigenvalue weighted by atomic mass is 9.83. The number of hydrogen-bond donors (Lipinski definition) is 2. The number of hydrogen-bond acceptors (Lipinski definition) is 4. The molecular formula is C21H29N3O2S. The Kier molecular flexibility index (Phi) is 4.97. The average molecular weight is 388 g/mol. The third-order valence-corrected chi connectivity index (χ3v) is 7.52. The van der Waals surface area contributed by atoms with Crippen molar-refractivity contribution in [3.8, 4) is 0 Å². The SMILES string of the molecule is CC1(C)C[C@@H]2SCC[C@H](N)C(=O)N2C1C(=O)N[C@@H]1CCCc2ccccc21. The zero-order chi connectivity index (χ0) is 19.2. The Hall–Kier alpha value is -1.53. The molecule has 5 nitrogen and oxygen atoms in total. The van der Waals surface area contributed by atoms with Crippen molar-refractivity contribution < 1.29 is 9.59 Å². The predicted octanol–water partition coefficient (Wildman–Crippen LogP) is 2.60. The summed E-state index contributed by atoms with van der Waals surface area (Å²) < 4.78 is 0. The zero-order valence-corrected chi connectivity index (χ0v) is 16.9. The van der Waals surface area contributed by atoms with E-state index in [1.165, 1.54) is 11.1 Å². The lowest BCUT2D eigenvalue weighted by Gasteiger charge is -2.35. The molecule has 4 rings (SSSR count). The second-order valence-electron chi connectivity index (χ2n) is 8.71. The van der Waals surface area contributed by atoms with Gasteiger partial charge in [-0.2, -0.15) is 0 Å². The topological polar surface area (TPSA) is 75.4 Å². The summed E-state index contributed by atoms with van der Waals surface area (Å²) >= 11 is 1.77. The van der Waals surface area contributed by atoms with Crippen molar-refractivity contribution in [2.45, 2.75) is 69.5 Å². The molecule has 2 saturated heterocycles. The van der Waals surface area contributed by atoms with E-state index in [1.807, 2.05) is 6.07 Å². The Morgan fingerprint density at radius 3 is 2.89 bits per heavy atom. The minimum Gasteiger partial charge on any atom is -0.347 e. The summed E-state index contributed by atoms with van der Waals surface area (Å²) in [6.07, 6.45) is 4.59. The first-order valence-electron chi connectivity index (χ1n) is 9.96. The molecule has 2 fully saturated rings. The van der Waals surface area contributed by atoms with Crippen molar-refractivity contribution in [2.24, 2.45) is 11.1 Å². The van der Waals surface area contributed by atoms with Gasteiger partial charge in [0.15, 0.2) is 0 Å². The number of carbonyl (C=O) groups is 2. The van der Waals surface area contributed by atoms with Gasteiger partial charge in [-0.15, -0.1) is 11.8 Å². The lowest BCUT2D eigenvalue weighted by Crippen LogP contribution is -2.55. The van der Waals surface area contributed by atoms with E-state index in [0.717, 1.165) is 31.4 Å². The van der Waals surface area contributed by atoms with Crippen molar-refractivity contribution in [1.82, 2.24) is 10.2 Å². The van der Waals surface area contributed by atoms with Gasteiger partial charge in [-0.05, 0) is 54.4 Å². The van der Waals surface area contributed by atoms with E-state index in [9.17, 15) is 9.59 Å². The molecule has 3 N–H and O–H groups in total. The lowest BCUT2D eigenvalue weighted by molar-refractivity contribution is -0.142. The van der Waals surface area contributed by atoms with Crippen molar-refractivity contribution in [3.05, 3.63) is 35.4 Å². The number of thioether (sulfide) groups is 1. The third kappa shape index (κ3) is 3.38. The third-order valence-electron chi connectivity index (χ3n) is 6.27. The second-order valence-corrected chi connectivity index (χ2v) is 10.00. The van der Waals surface area contributed by atoms with Crippen LogP contribution in [0.5, 0.6) is 0 Å². The molecule has 3 aliphatic rings. The quantitative estimate of drug-likeness (QED) is 0.818. The number of benzene rings is 1. The van der Waals surface area contributed by atoms with Crippen LogP contribution in [0.3, 0.4) is 0 Å². The van der Waals surface area contributed by atoms with Gasteiger partial charge >= 0.3 is 0 Å². The van der Waals surface area contributed by atoms with Crippen molar-refractivity contribution in [1.29, 1.82) is 0 Å². The first kappa shape index (κ1) is 18.8. The van der Waals surface area contributed by atoms with Crippen molar-refractivity contribution in [3.63, 3.8) is 0 Å². The monoisotopic (exact) mass is 387 g/mol. The van der Waals surface area contributed by atoms with Gasteiger partial charge in [0, 0.05) is 0 Å². The molecule has 1 aromatic rings. The fraction of sp³-hybridized carbons (Fsp3) is 0.619. The molecule has 0 saturated carbocycles. The molecule has 2 heterocycles. The molecule has 1 unspecified atom stereocenters. The van der Waals surface area contributed by atoms with Crippen LogP contribution in [0.25, 0.3) is 0 Å². The van der Waals surface area contributed by atoms with Crippen LogP contribution in [0.4, 0.5) is 0 Å². The van der Waals surface area contributed by atoms with Crippen LogP contribution in [-0.2, 0) is 16.0 Å². The Morgan fingerprint density at radius 1 is 1.30 bits per heavy atom. The number of rotatable bonds is 2. The fourth-order valence-corrected chi connectivity index (χ4v) is 6.49. The minimum atomic E-state index is -0.498. The summed E-state index contributed by atoms with van der Waals surface area (Å²) in [7, 11) is 0. The minimum absolute atomic E-state index is 0.0284. The molecule has 27 heavy (non-hydrogen) atoms. The largest absolute Gasteiger partial charge is 0.347 e. The van der Waals surface area contributed by atoms with Crippen molar-refractivity contribution >= 4 is 23.6 Å².